The van der Waals surface area contributed by atoms with Crippen LogP contribution in [0.4, 0.5) is 0 Å². The van der Waals surface area contributed by atoms with E-state index in [1.807, 2.05) is 12.1 Å². The van der Waals surface area contributed by atoms with Gasteiger partial charge < -0.3 is 5.73 Å². The smallest absolute Gasteiger partial charge is 0.0499 e. The van der Waals surface area contributed by atoms with E-state index in [4.69, 9.17) is 17.3 Å². The summed E-state index contributed by atoms with van der Waals surface area (Å²) in [5.41, 5.74) is 7.73. The fourth-order valence-electron chi connectivity index (χ4n) is 3.18. The number of hydrogen-bond donors (Lipinski definition) is 1. The van der Waals surface area contributed by atoms with Crippen LogP contribution in [-0.2, 0) is 0 Å². The van der Waals surface area contributed by atoms with Crippen molar-refractivity contribution < 1.29 is 0 Å². The van der Waals surface area contributed by atoms with Crippen LogP contribution in [0.25, 0.3) is 0 Å². The summed E-state index contributed by atoms with van der Waals surface area (Å²) in [4.78, 5) is 2.58. The van der Waals surface area contributed by atoms with Crippen LogP contribution in [0, 0.1) is 5.92 Å². The molecular formula is C17H27ClN2. The fourth-order valence-corrected chi connectivity index (χ4v) is 3.30. The highest BCUT2D eigenvalue weighted by Crippen LogP contribution is 2.29. The highest BCUT2D eigenvalue weighted by Gasteiger charge is 2.27. The van der Waals surface area contributed by atoms with E-state index in [1.54, 1.807) is 0 Å². The van der Waals surface area contributed by atoms with E-state index >= 15 is 0 Å². The lowest BCUT2D eigenvalue weighted by Gasteiger charge is -2.35. The van der Waals surface area contributed by atoms with Crippen molar-refractivity contribution in [3.63, 3.8) is 0 Å². The molecule has 0 spiro atoms. The van der Waals surface area contributed by atoms with Gasteiger partial charge in [-0.2, -0.15) is 0 Å². The Bertz CT molecular complexity index is 404. The Morgan fingerprint density at radius 3 is 2.60 bits per heavy atom. The molecule has 0 bridgehead atoms. The zero-order chi connectivity index (χ0) is 14.5. The first-order chi connectivity index (χ1) is 9.61. The van der Waals surface area contributed by atoms with Gasteiger partial charge in [0.05, 0.1) is 0 Å². The molecule has 0 aromatic heterocycles. The summed E-state index contributed by atoms with van der Waals surface area (Å²) in [7, 11) is 0. The van der Waals surface area contributed by atoms with E-state index in [0.29, 0.717) is 6.04 Å². The average molecular weight is 295 g/mol. The molecule has 1 aromatic carbocycles. The number of rotatable bonds is 4. The van der Waals surface area contributed by atoms with Gasteiger partial charge in [0.15, 0.2) is 0 Å². The van der Waals surface area contributed by atoms with Crippen molar-refractivity contribution >= 4 is 11.6 Å². The molecule has 2 N–H and O–H groups in total. The van der Waals surface area contributed by atoms with E-state index < -0.39 is 0 Å². The number of nitrogens with two attached hydrogens (primary N) is 1. The van der Waals surface area contributed by atoms with Crippen molar-refractivity contribution in [1.29, 1.82) is 0 Å². The zero-order valence-electron chi connectivity index (χ0n) is 12.7. The molecule has 1 aromatic rings. The highest BCUT2D eigenvalue weighted by molar-refractivity contribution is 6.30. The molecule has 112 valence electrons. The Labute approximate surface area is 128 Å². The molecule has 1 aliphatic heterocycles. The Balaban J connectivity index is 2.20. The predicted octanol–water partition coefficient (Wildman–Crippen LogP) is 4.24. The summed E-state index contributed by atoms with van der Waals surface area (Å²) < 4.78 is 0. The largest absolute Gasteiger partial charge is 0.326 e. The van der Waals surface area contributed by atoms with Crippen molar-refractivity contribution in [3.05, 3.63) is 34.9 Å². The molecule has 2 rings (SSSR count). The second-order valence-corrected chi connectivity index (χ2v) is 6.58. The lowest BCUT2D eigenvalue weighted by Crippen LogP contribution is -2.41. The van der Waals surface area contributed by atoms with Gasteiger partial charge in [0.25, 0.3) is 0 Å². The topological polar surface area (TPSA) is 29.3 Å². The quantitative estimate of drug-likeness (QED) is 0.900. The van der Waals surface area contributed by atoms with Gasteiger partial charge >= 0.3 is 0 Å². The van der Waals surface area contributed by atoms with Crippen molar-refractivity contribution in [2.75, 3.05) is 13.1 Å². The molecular weight excluding hydrogens is 268 g/mol. The highest BCUT2D eigenvalue weighted by atomic mass is 35.5. The van der Waals surface area contributed by atoms with Crippen LogP contribution in [-0.4, -0.2) is 24.0 Å². The monoisotopic (exact) mass is 294 g/mol. The lowest BCUT2D eigenvalue weighted by molar-refractivity contribution is 0.174. The molecule has 0 saturated carbocycles. The van der Waals surface area contributed by atoms with Crippen LogP contribution in [0.3, 0.4) is 0 Å². The van der Waals surface area contributed by atoms with Crippen molar-refractivity contribution in [2.24, 2.45) is 11.7 Å². The minimum absolute atomic E-state index is 0.185. The van der Waals surface area contributed by atoms with Gasteiger partial charge in [-0.1, -0.05) is 37.6 Å². The standard InChI is InChI=1S/C17H27ClN2/c1-3-16(19)17(14-6-8-15(18)9-7-14)20-11-4-5-13(2)10-12-20/h6-9,13,16-17H,3-5,10-12,19H2,1-2H3. The predicted molar refractivity (Wildman–Crippen MR) is 87.0 cm³/mol. The Kier molecular flexibility index (Phi) is 5.88. The molecule has 2 nitrogen and oxygen atoms in total. The Hall–Kier alpha value is -0.570. The first-order valence-corrected chi connectivity index (χ1v) is 8.24. The van der Waals surface area contributed by atoms with Gasteiger partial charge in [0, 0.05) is 17.1 Å². The molecule has 0 aliphatic carbocycles. The molecule has 1 fully saturated rings. The van der Waals surface area contributed by atoms with E-state index in [1.165, 1.54) is 24.8 Å². The Morgan fingerprint density at radius 1 is 1.25 bits per heavy atom. The number of nitrogens with zero attached hydrogens (tertiary/aromatic N) is 1. The normalized spacial score (nSPS) is 24.1. The van der Waals surface area contributed by atoms with Crippen LogP contribution in [0.15, 0.2) is 24.3 Å². The Morgan fingerprint density at radius 2 is 1.95 bits per heavy atom. The molecule has 1 aliphatic rings. The molecule has 3 heteroatoms. The van der Waals surface area contributed by atoms with Gasteiger partial charge in [-0.3, -0.25) is 4.90 Å². The molecule has 0 radical (unpaired) electrons. The second-order valence-electron chi connectivity index (χ2n) is 6.14. The first kappa shape index (κ1) is 15.8. The maximum absolute atomic E-state index is 6.43. The fraction of sp³-hybridized carbons (Fsp3) is 0.647. The van der Waals surface area contributed by atoms with Gasteiger partial charge in [-0.25, -0.2) is 0 Å². The average Bonchev–Trinajstić information content (AvgIpc) is 2.66. The minimum atomic E-state index is 0.185. The second kappa shape index (κ2) is 7.44. The SMILES string of the molecule is CCC(N)C(c1ccc(Cl)cc1)N1CCCC(C)CC1. The molecule has 0 amide bonds. The lowest BCUT2D eigenvalue weighted by atomic mass is 9.96. The summed E-state index contributed by atoms with van der Waals surface area (Å²) in [6, 6.07) is 8.74. The third-order valence-corrected chi connectivity index (χ3v) is 4.79. The van der Waals surface area contributed by atoms with E-state index in [-0.39, 0.29) is 6.04 Å². The van der Waals surface area contributed by atoms with Gasteiger partial charge in [0.2, 0.25) is 0 Å². The number of likely N-dealkylation sites (tertiary alicyclic amines) is 1. The van der Waals surface area contributed by atoms with Crippen LogP contribution in [0.5, 0.6) is 0 Å². The first-order valence-electron chi connectivity index (χ1n) is 7.87. The zero-order valence-corrected chi connectivity index (χ0v) is 13.4. The summed E-state index contributed by atoms with van der Waals surface area (Å²) >= 11 is 6.02. The third-order valence-electron chi connectivity index (χ3n) is 4.53. The van der Waals surface area contributed by atoms with Gasteiger partial charge in [-0.15, -0.1) is 0 Å². The van der Waals surface area contributed by atoms with Crippen LogP contribution in [0.1, 0.15) is 51.1 Å². The van der Waals surface area contributed by atoms with E-state index in [9.17, 15) is 0 Å². The van der Waals surface area contributed by atoms with Crippen LogP contribution in [0.2, 0.25) is 5.02 Å². The third kappa shape index (κ3) is 3.97. The molecule has 1 heterocycles. The summed E-state index contributed by atoms with van der Waals surface area (Å²) in [6.45, 7) is 6.85. The minimum Gasteiger partial charge on any atom is -0.326 e. The summed E-state index contributed by atoms with van der Waals surface area (Å²) in [6.07, 6.45) is 4.90. The van der Waals surface area contributed by atoms with E-state index in [2.05, 4.69) is 30.9 Å². The molecule has 20 heavy (non-hydrogen) atoms. The number of hydrogen-bond acceptors (Lipinski definition) is 2. The molecule has 3 atom stereocenters. The molecule has 3 unspecified atom stereocenters. The summed E-state index contributed by atoms with van der Waals surface area (Å²) in [5.74, 6) is 0.837. The van der Waals surface area contributed by atoms with Crippen molar-refractivity contribution in [2.45, 2.75) is 51.6 Å². The van der Waals surface area contributed by atoms with Crippen LogP contribution >= 0.6 is 11.6 Å². The maximum atomic E-state index is 6.43. The number of halogens is 1. The van der Waals surface area contributed by atoms with Crippen molar-refractivity contribution in [3.8, 4) is 0 Å². The number of benzene rings is 1. The maximum Gasteiger partial charge on any atom is 0.0499 e. The summed E-state index contributed by atoms with van der Waals surface area (Å²) in [5, 5.41) is 0.794. The van der Waals surface area contributed by atoms with Crippen LogP contribution < -0.4 is 5.73 Å². The van der Waals surface area contributed by atoms with Gasteiger partial charge in [0.1, 0.15) is 0 Å². The van der Waals surface area contributed by atoms with Gasteiger partial charge in [-0.05, 0) is 62.4 Å². The van der Waals surface area contributed by atoms with Crippen molar-refractivity contribution in [1.82, 2.24) is 4.90 Å². The van der Waals surface area contributed by atoms with E-state index in [0.717, 1.165) is 30.5 Å². The molecule has 1 saturated heterocycles.